The molecule has 0 aliphatic rings. The Labute approximate surface area is 125 Å². The lowest BCUT2D eigenvalue weighted by atomic mass is 10.1. The fraction of sp³-hybridized carbons (Fsp3) is 0.278. The van der Waals surface area contributed by atoms with Crippen LogP contribution in [0.15, 0.2) is 42.5 Å². The Hall–Kier alpha value is -2.29. The third-order valence-corrected chi connectivity index (χ3v) is 3.36. The number of aryl methyl sites for hydroxylation is 1. The van der Waals surface area contributed by atoms with E-state index in [0.29, 0.717) is 29.2 Å². The fourth-order valence-corrected chi connectivity index (χ4v) is 2.06. The number of rotatable bonds is 6. The van der Waals surface area contributed by atoms with Gasteiger partial charge in [-0.05, 0) is 48.4 Å². The number of Topliss-reactive ketones (excluding diaryl/α,β-unsaturated/α-hetero) is 1. The van der Waals surface area contributed by atoms with Crippen LogP contribution in [-0.4, -0.2) is 12.9 Å². The van der Waals surface area contributed by atoms with E-state index in [1.165, 1.54) is 5.56 Å². The van der Waals surface area contributed by atoms with E-state index in [-0.39, 0.29) is 5.78 Å². The van der Waals surface area contributed by atoms with Crippen LogP contribution in [0.3, 0.4) is 0 Å². The summed E-state index contributed by atoms with van der Waals surface area (Å²) in [5.41, 5.74) is 1.90. The number of methoxy groups -OCH3 is 1. The molecule has 0 amide bonds. The molecule has 0 saturated carbocycles. The second-order valence-electron chi connectivity index (χ2n) is 4.74. The first kappa shape index (κ1) is 15.1. The molecule has 2 rings (SSSR count). The van der Waals surface area contributed by atoms with Gasteiger partial charge in [-0.25, -0.2) is 0 Å². The summed E-state index contributed by atoms with van der Waals surface area (Å²) in [5.74, 6) is 2.20. The van der Waals surface area contributed by atoms with Gasteiger partial charge in [0.1, 0.15) is 5.75 Å². The Balaban J connectivity index is 2.20. The van der Waals surface area contributed by atoms with Gasteiger partial charge in [0.05, 0.1) is 7.11 Å². The molecule has 21 heavy (non-hydrogen) atoms. The molecule has 0 bridgehead atoms. The van der Waals surface area contributed by atoms with Crippen LogP contribution >= 0.6 is 0 Å². The van der Waals surface area contributed by atoms with Gasteiger partial charge < -0.3 is 9.47 Å². The zero-order valence-electron chi connectivity index (χ0n) is 12.7. The van der Waals surface area contributed by atoms with Crippen molar-refractivity contribution in [2.24, 2.45) is 0 Å². The summed E-state index contributed by atoms with van der Waals surface area (Å²) in [6.07, 6.45) is 1.46. The minimum absolute atomic E-state index is 0.131. The van der Waals surface area contributed by atoms with E-state index in [1.54, 1.807) is 31.4 Å². The number of carbonyl (C=O) groups excluding carboxylic acids is 1. The van der Waals surface area contributed by atoms with Crippen molar-refractivity contribution in [3.63, 3.8) is 0 Å². The first-order valence-corrected chi connectivity index (χ1v) is 7.16. The molecule has 0 N–H and O–H groups in total. The molecule has 0 fully saturated rings. The van der Waals surface area contributed by atoms with Crippen LogP contribution in [0.4, 0.5) is 0 Å². The molecule has 110 valence electrons. The van der Waals surface area contributed by atoms with E-state index in [9.17, 15) is 4.79 Å². The average Bonchev–Trinajstić information content (AvgIpc) is 2.55. The van der Waals surface area contributed by atoms with Crippen molar-refractivity contribution >= 4 is 5.78 Å². The van der Waals surface area contributed by atoms with Crippen molar-refractivity contribution < 1.29 is 14.3 Å². The smallest absolute Gasteiger partial charge is 0.169 e. The quantitative estimate of drug-likeness (QED) is 0.725. The normalized spacial score (nSPS) is 10.2. The van der Waals surface area contributed by atoms with Crippen molar-refractivity contribution in [3.8, 4) is 17.2 Å². The Bertz CT molecular complexity index is 615. The van der Waals surface area contributed by atoms with Gasteiger partial charge in [0.15, 0.2) is 17.3 Å². The van der Waals surface area contributed by atoms with Crippen LogP contribution < -0.4 is 9.47 Å². The summed E-state index contributed by atoms with van der Waals surface area (Å²) < 4.78 is 11.2. The third kappa shape index (κ3) is 3.63. The largest absolute Gasteiger partial charge is 0.493 e. The van der Waals surface area contributed by atoms with Gasteiger partial charge >= 0.3 is 0 Å². The molecule has 3 nitrogen and oxygen atoms in total. The van der Waals surface area contributed by atoms with E-state index in [0.717, 1.165) is 6.42 Å². The zero-order chi connectivity index (χ0) is 15.2. The van der Waals surface area contributed by atoms with E-state index in [1.807, 2.05) is 25.1 Å². The number of ether oxygens (including phenoxy) is 2. The molecular weight excluding hydrogens is 264 g/mol. The lowest BCUT2D eigenvalue weighted by molar-refractivity contribution is 0.0988. The van der Waals surface area contributed by atoms with Crippen molar-refractivity contribution in [3.05, 3.63) is 53.6 Å². The molecule has 0 unspecified atom stereocenters. The molecule has 2 aromatic rings. The van der Waals surface area contributed by atoms with Crippen LogP contribution in [0.2, 0.25) is 0 Å². The minimum Gasteiger partial charge on any atom is -0.493 e. The SMILES string of the molecule is CCC(=O)c1ccc(Oc2ccc(CC)cc2OC)cc1. The highest BCUT2D eigenvalue weighted by Crippen LogP contribution is 2.32. The van der Waals surface area contributed by atoms with Crippen LogP contribution in [0, 0.1) is 0 Å². The third-order valence-electron chi connectivity index (χ3n) is 3.36. The van der Waals surface area contributed by atoms with Crippen molar-refractivity contribution in [1.82, 2.24) is 0 Å². The van der Waals surface area contributed by atoms with E-state index < -0.39 is 0 Å². The summed E-state index contributed by atoms with van der Waals surface area (Å²) in [4.78, 5) is 11.6. The number of carbonyl (C=O) groups is 1. The summed E-state index contributed by atoms with van der Waals surface area (Å²) >= 11 is 0. The predicted molar refractivity (Wildman–Crippen MR) is 83.5 cm³/mol. The molecule has 0 aromatic heterocycles. The molecule has 0 spiro atoms. The molecule has 2 aromatic carbocycles. The monoisotopic (exact) mass is 284 g/mol. The number of hydrogen-bond acceptors (Lipinski definition) is 3. The molecule has 3 heteroatoms. The van der Waals surface area contributed by atoms with Gasteiger partial charge in [0, 0.05) is 12.0 Å². The Morgan fingerprint density at radius 1 is 1.00 bits per heavy atom. The fourth-order valence-electron chi connectivity index (χ4n) is 2.06. The average molecular weight is 284 g/mol. The predicted octanol–water partition coefficient (Wildman–Crippen LogP) is 4.64. The summed E-state index contributed by atoms with van der Waals surface area (Å²) in [5, 5.41) is 0. The van der Waals surface area contributed by atoms with Crippen molar-refractivity contribution in [2.45, 2.75) is 26.7 Å². The second kappa shape index (κ2) is 6.93. The van der Waals surface area contributed by atoms with E-state index >= 15 is 0 Å². The molecular formula is C18H20O3. The summed E-state index contributed by atoms with van der Waals surface area (Å²) in [7, 11) is 1.63. The molecule has 0 aliphatic carbocycles. The lowest BCUT2D eigenvalue weighted by Gasteiger charge is -2.11. The van der Waals surface area contributed by atoms with Gasteiger partial charge in [-0.3, -0.25) is 4.79 Å². The molecule has 0 radical (unpaired) electrons. The highest BCUT2D eigenvalue weighted by Gasteiger charge is 2.08. The summed E-state index contributed by atoms with van der Waals surface area (Å²) in [6, 6.07) is 13.1. The molecule has 0 atom stereocenters. The second-order valence-corrected chi connectivity index (χ2v) is 4.74. The number of benzene rings is 2. The van der Waals surface area contributed by atoms with E-state index in [2.05, 4.69) is 6.92 Å². The summed E-state index contributed by atoms with van der Waals surface area (Å²) in [6.45, 7) is 3.95. The van der Waals surface area contributed by atoms with Gasteiger partial charge in [-0.15, -0.1) is 0 Å². The van der Waals surface area contributed by atoms with Crippen LogP contribution in [0.25, 0.3) is 0 Å². The van der Waals surface area contributed by atoms with Gasteiger partial charge in [-0.1, -0.05) is 19.9 Å². The zero-order valence-corrected chi connectivity index (χ0v) is 12.7. The first-order valence-electron chi connectivity index (χ1n) is 7.16. The highest BCUT2D eigenvalue weighted by molar-refractivity contribution is 5.95. The van der Waals surface area contributed by atoms with Gasteiger partial charge in [0.25, 0.3) is 0 Å². The lowest BCUT2D eigenvalue weighted by Crippen LogP contribution is -1.96. The molecule has 0 saturated heterocycles. The van der Waals surface area contributed by atoms with Crippen molar-refractivity contribution in [1.29, 1.82) is 0 Å². The Morgan fingerprint density at radius 3 is 2.29 bits per heavy atom. The molecule has 0 heterocycles. The topological polar surface area (TPSA) is 35.5 Å². The van der Waals surface area contributed by atoms with Crippen LogP contribution in [0.1, 0.15) is 36.2 Å². The standard InChI is InChI=1S/C18H20O3/c1-4-13-6-11-17(18(12-13)20-3)21-15-9-7-14(8-10-15)16(19)5-2/h6-12H,4-5H2,1-3H3. The maximum atomic E-state index is 11.6. The van der Waals surface area contributed by atoms with Gasteiger partial charge in [0.2, 0.25) is 0 Å². The Morgan fingerprint density at radius 2 is 1.71 bits per heavy atom. The number of ketones is 1. The Kier molecular flexibility index (Phi) is 4.99. The van der Waals surface area contributed by atoms with Crippen molar-refractivity contribution in [2.75, 3.05) is 7.11 Å². The first-order chi connectivity index (χ1) is 10.2. The molecule has 0 aliphatic heterocycles. The maximum Gasteiger partial charge on any atom is 0.169 e. The van der Waals surface area contributed by atoms with Crippen LogP contribution in [0.5, 0.6) is 17.2 Å². The van der Waals surface area contributed by atoms with Crippen LogP contribution in [-0.2, 0) is 6.42 Å². The maximum absolute atomic E-state index is 11.6. The minimum atomic E-state index is 0.131. The van der Waals surface area contributed by atoms with E-state index in [4.69, 9.17) is 9.47 Å². The van der Waals surface area contributed by atoms with Gasteiger partial charge in [-0.2, -0.15) is 0 Å². The number of hydrogen-bond donors (Lipinski definition) is 0. The highest BCUT2D eigenvalue weighted by atomic mass is 16.5.